The smallest absolute Gasteiger partial charge is 0.283 e. The highest BCUT2D eigenvalue weighted by atomic mass is 79.9. The van der Waals surface area contributed by atoms with E-state index in [0.29, 0.717) is 0 Å². The molecule has 110 valence electrons. The molecule has 1 aliphatic rings. The minimum absolute atomic E-state index is 0.244. The van der Waals surface area contributed by atoms with E-state index in [-0.39, 0.29) is 4.60 Å². The van der Waals surface area contributed by atoms with Crippen molar-refractivity contribution in [3.05, 3.63) is 28.2 Å². The van der Waals surface area contributed by atoms with Crippen LogP contribution in [0, 0.1) is 11.7 Å². The average molecular weight is 352 g/mol. The van der Waals surface area contributed by atoms with E-state index >= 15 is 0 Å². The van der Waals surface area contributed by atoms with Gasteiger partial charge < -0.3 is 10.5 Å². The van der Waals surface area contributed by atoms with Crippen LogP contribution in [-0.4, -0.2) is 23.5 Å². The van der Waals surface area contributed by atoms with Crippen molar-refractivity contribution in [1.29, 1.82) is 0 Å². The van der Waals surface area contributed by atoms with E-state index in [1.807, 2.05) is 0 Å². The number of aromatic nitrogens is 1. The summed E-state index contributed by atoms with van der Waals surface area (Å²) in [6.07, 6.45) is -3.61. The zero-order valence-electron chi connectivity index (χ0n) is 10.8. The topological polar surface area (TPSA) is 60.5 Å². The van der Waals surface area contributed by atoms with Gasteiger partial charge in [-0.2, -0.15) is 0 Å². The van der Waals surface area contributed by atoms with Crippen molar-refractivity contribution in [3.63, 3.8) is 0 Å². The van der Waals surface area contributed by atoms with Crippen molar-refractivity contribution in [2.75, 3.05) is 0 Å². The lowest BCUT2D eigenvalue weighted by atomic mass is 9.78. The number of amidine groups is 1. The molecule has 0 bridgehead atoms. The molecule has 0 radical (unpaired) electrons. The Bertz CT molecular complexity index is 555. The Morgan fingerprint density at radius 3 is 2.65 bits per heavy atom. The summed E-state index contributed by atoms with van der Waals surface area (Å²) in [6, 6.07) is 2.00. The van der Waals surface area contributed by atoms with E-state index < -0.39 is 41.5 Å². The van der Waals surface area contributed by atoms with Crippen LogP contribution in [0.25, 0.3) is 0 Å². The third-order valence-corrected chi connectivity index (χ3v) is 3.97. The molecule has 0 spiro atoms. The van der Waals surface area contributed by atoms with E-state index in [0.717, 1.165) is 6.07 Å². The number of aliphatic imine (C=N–C) groups is 1. The molecule has 1 aliphatic heterocycles. The Morgan fingerprint density at radius 1 is 1.40 bits per heavy atom. The summed E-state index contributed by atoms with van der Waals surface area (Å²) in [5.41, 5.74) is 2.86. The van der Waals surface area contributed by atoms with Crippen LogP contribution < -0.4 is 5.73 Å². The zero-order valence-corrected chi connectivity index (χ0v) is 12.4. The summed E-state index contributed by atoms with van der Waals surface area (Å²) >= 11 is 3.05. The molecule has 3 atom stereocenters. The molecular weight excluding hydrogens is 339 g/mol. The largest absolute Gasteiger partial charge is 0.462 e. The van der Waals surface area contributed by atoms with Gasteiger partial charge in [0.05, 0.1) is 0 Å². The normalized spacial score (nSPS) is 30.1. The number of nitrogens with zero attached hydrogens (tertiary/aromatic N) is 2. The number of rotatable bonds is 2. The lowest BCUT2D eigenvalue weighted by Gasteiger charge is -2.40. The zero-order chi connectivity index (χ0) is 15.1. The molecule has 0 unspecified atom stereocenters. The number of pyridine rings is 1. The lowest BCUT2D eigenvalue weighted by Crippen LogP contribution is -2.51. The highest BCUT2D eigenvalue weighted by molar-refractivity contribution is 9.10. The number of nitrogens with two attached hydrogens (primary N) is 1. The SMILES string of the molecule is C[C@@H]1OC(N)=N[C@](c2nc(Br)ccc2F)(C(F)F)[C@@H]1C. The quantitative estimate of drug-likeness (QED) is 0.833. The summed E-state index contributed by atoms with van der Waals surface area (Å²) in [4.78, 5) is 7.57. The molecule has 0 fully saturated rings. The first kappa shape index (κ1) is 15.1. The third-order valence-electron chi connectivity index (χ3n) is 3.52. The summed E-state index contributed by atoms with van der Waals surface area (Å²) in [5, 5.41) is 0. The number of halogens is 4. The Hall–Kier alpha value is -1.31. The average Bonchev–Trinajstić information content (AvgIpc) is 2.36. The monoisotopic (exact) mass is 351 g/mol. The van der Waals surface area contributed by atoms with E-state index in [1.165, 1.54) is 13.0 Å². The van der Waals surface area contributed by atoms with Crippen LogP contribution >= 0.6 is 15.9 Å². The Balaban J connectivity index is 2.72. The van der Waals surface area contributed by atoms with Gasteiger partial charge in [0.1, 0.15) is 22.2 Å². The third kappa shape index (κ3) is 2.25. The lowest BCUT2D eigenvalue weighted by molar-refractivity contribution is -0.0387. The molecule has 1 aromatic rings. The molecule has 0 saturated carbocycles. The molecule has 0 aromatic carbocycles. The minimum atomic E-state index is -2.97. The fraction of sp³-hybridized carbons (Fsp3) is 0.500. The summed E-state index contributed by atoms with van der Waals surface area (Å²) in [6.45, 7) is 3.09. The van der Waals surface area contributed by atoms with Crippen LogP contribution in [0.4, 0.5) is 13.2 Å². The molecule has 2 N–H and O–H groups in total. The number of hydrogen-bond acceptors (Lipinski definition) is 4. The molecule has 8 heteroatoms. The highest BCUT2D eigenvalue weighted by Gasteiger charge is 2.54. The second-order valence-corrected chi connectivity index (χ2v) is 5.46. The number of hydrogen-bond donors (Lipinski definition) is 1. The fourth-order valence-electron chi connectivity index (χ4n) is 2.28. The van der Waals surface area contributed by atoms with Gasteiger partial charge >= 0.3 is 0 Å². The fourth-order valence-corrected chi connectivity index (χ4v) is 2.59. The second-order valence-electron chi connectivity index (χ2n) is 4.65. The predicted octanol–water partition coefficient (Wildman–Crippen LogP) is 2.81. The highest BCUT2D eigenvalue weighted by Crippen LogP contribution is 2.44. The van der Waals surface area contributed by atoms with Gasteiger partial charge in [-0.05, 0) is 35.0 Å². The Kier molecular flexibility index (Phi) is 3.95. The first-order valence-corrected chi connectivity index (χ1v) is 6.71. The van der Waals surface area contributed by atoms with Crippen LogP contribution in [0.15, 0.2) is 21.7 Å². The van der Waals surface area contributed by atoms with Crippen molar-refractivity contribution in [2.45, 2.75) is 31.9 Å². The summed E-state index contributed by atoms with van der Waals surface area (Å²) in [7, 11) is 0. The van der Waals surface area contributed by atoms with Crippen molar-refractivity contribution in [1.82, 2.24) is 4.98 Å². The molecule has 4 nitrogen and oxygen atoms in total. The van der Waals surface area contributed by atoms with Gasteiger partial charge in [0.2, 0.25) is 0 Å². The maximum atomic E-state index is 14.0. The van der Waals surface area contributed by atoms with Gasteiger partial charge in [0.15, 0.2) is 5.54 Å². The van der Waals surface area contributed by atoms with Crippen molar-refractivity contribution < 1.29 is 17.9 Å². The van der Waals surface area contributed by atoms with Crippen LogP contribution in [0.5, 0.6) is 0 Å². The molecular formula is C12H13BrF3N3O. The molecule has 2 heterocycles. The van der Waals surface area contributed by atoms with E-state index in [9.17, 15) is 13.2 Å². The molecule has 0 amide bonds. The molecule has 0 saturated heterocycles. The van der Waals surface area contributed by atoms with Gasteiger partial charge in [-0.1, -0.05) is 6.92 Å². The van der Waals surface area contributed by atoms with Crippen LogP contribution in [0.3, 0.4) is 0 Å². The van der Waals surface area contributed by atoms with E-state index in [4.69, 9.17) is 10.5 Å². The molecule has 0 aliphatic carbocycles. The molecule has 20 heavy (non-hydrogen) atoms. The van der Waals surface area contributed by atoms with E-state index in [2.05, 4.69) is 25.9 Å². The van der Waals surface area contributed by atoms with Crippen molar-refractivity contribution in [3.8, 4) is 0 Å². The minimum Gasteiger partial charge on any atom is -0.462 e. The molecule has 1 aromatic heterocycles. The van der Waals surface area contributed by atoms with Crippen LogP contribution in [0.1, 0.15) is 19.5 Å². The first-order valence-electron chi connectivity index (χ1n) is 5.91. The van der Waals surface area contributed by atoms with Crippen LogP contribution in [-0.2, 0) is 10.3 Å². The van der Waals surface area contributed by atoms with Crippen molar-refractivity contribution in [2.24, 2.45) is 16.6 Å². The van der Waals surface area contributed by atoms with Gasteiger partial charge in [0.25, 0.3) is 12.4 Å². The summed E-state index contributed by atoms with van der Waals surface area (Å²) in [5.74, 6) is -1.66. The van der Waals surface area contributed by atoms with Gasteiger partial charge in [-0.15, -0.1) is 0 Å². The standard InChI is InChI=1S/C12H13BrF3N3O/c1-5-6(2)20-11(17)19-12(5,10(15)16)9-7(14)3-4-8(13)18-9/h3-6,10H,1-2H3,(H2,17,19)/t5-,6+,12-/m1/s1. The Morgan fingerprint density at radius 2 is 2.05 bits per heavy atom. The van der Waals surface area contributed by atoms with Gasteiger partial charge in [0, 0.05) is 5.92 Å². The summed E-state index contributed by atoms with van der Waals surface area (Å²) < 4.78 is 46.9. The van der Waals surface area contributed by atoms with Gasteiger partial charge in [-0.3, -0.25) is 0 Å². The number of alkyl halides is 2. The van der Waals surface area contributed by atoms with E-state index in [1.54, 1.807) is 6.92 Å². The maximum absolute atomic E-state index is 14.0. The van der Waals surface area contributed by atoms with Gasteiger partial charge in [-0.25, -0.2) is 23.1 Å². The van der Waals surface area contributed by atoms with Crippen molar-refractivity contribution >= 4 is 22.0 Å². The maximum Gasteiger partial charge on any atom is 0.283 e. The predicted molar refractivity (Wildman–Crippen MR) is 70.9 cm³/mol. The Labute approximate surface area is 122 Å². The first-order chi connectivity index (χ1) is 9.29. The molecule has 2 rings (SSSR count). The second kappa shape index (κ2) is 5.23. The van der Waals surface area contributed by atoms with Crippen LogP contribution in [0.2, 0.25) is 0 Å². The number of ether oxygens (including phenoxy) is 1.